The number of piperidine rings is 1. The van der Waals surface area contributed by atoms with Gasteiger partial charge in [0, 0.05) is 18.0 Å². The number of halogens is 6. The van der Waals surface area contributed by atoms with Gasteiger partial charge in [-0.05, 0) is 48.6 Å². The number of nitrogens with zero attached hydrogens (tertiary/aromatic N) is 2. The lowest BCUT2D eigenvalue weighted by molar-refractivity contribution is -0.137. The number of nitrogens with two attached hydrogens (primary N) is 1. The van der Waals surface area contributed by atoms with Crippen molar-refractivity contribution in [1.29, 1.82) is 0 Å². The first-order chi connectivity index (χ1) is 16.4. The highest BCUT2D eigenvalue weighted by atomic mass is 35.5. The molecule has 3 heterocycles. The third kappa shape index (κ3) is 3.76. The number of hydrogen-bond acceptors (Lipinski definition) is 4. The van der Waals surface area contributed by atoms with Crippen LogP contribution in [0, 0.1) is 23.5 Å². The van der Waals surface area contributed by atoms with E-state index in [1.54, 1.807) is 0 Å². The smallest absolute Gasteiger partial charge is 0.381 e. The number of amides is 2. The highest BCUT2D eigenvalue weighted by Gasteiger charge is 2.72. The summed E-state index contributed by atoms with van der Waals surface area (Å²) >= 11 is 5.73. The van der Waals surface area contributed by atoms with E-state index in [1.165, 1.54) is 0 Å². The van der Waals surface area contributed by atoms with Crippen molar-refractivity contribution in [3.8, 4) is 0 Å². The predicted octanol–water partition coefficient (Wildman–Crippen LogP) is 3.92. The number of pyridine rings is 1. The van der Waals surface area contributed by atoms with Crippen molar-refractivity contribution < 1.29 is 36.3 Å². The zero-order valence-electron chi connectivity index (χ0n) is 18.0. The van der Waals surface area contributed by atoms with Crippen LogP contribution in [-0.4, -0.2) is 46.5 Å². The fraction of sp³-hybridized carbons (Fsp3) is 0.435. The Morgan fingerprint density at radius 1 is 1.20 bits per heavy atom. The average molecular weight is 516 g/mol. The molecule has 2 N–H and O–H groups in total. The lowest BCUT2D eigenvalue weighted by Gasteiger charge is -2.44. The monoisotopic (exact) mass is 515 g/mol. The lowest BCUT2D eigenvalue weighted by Crippen LogP contribution is -2.55. The fourth-order valence-electron chi connectivity index (χ4n) is 5.69. The summed E-state index contributed by atoms with van der Waals surface area (Å²) in [5.74, 6) is -4.84. The molecular formula is C23H19ClF5N3O3. The Kier molecular flexibility index (Phi) is 5.55. The third-order valence-corrected chi connectivity index (χ3v) is 7.58. The molecule has 0 spiro atoms. The van der Waals surface area contributed by atoms with Gasteiger partial charge in [-0.1, -0.05) is 11.6 Å². The Morgan fingerprint density at radius 3 is 2.51 bits per heavy atom. The van der Waals surface area contributed by atoms with Crippen LogP contribution in [0.25, 0.3) is 0 Å². The second kappa shape index (κ2) is 8.12. The Labute approximate surface area is 201 Å². The molecule has 1 aliphatic carbocycles. The van der Waals surface area contributed by atoms with Gasteiger partial charge in [0.05, 0.1) is 29.3 Å². The molecule has 1 aromatic carbocycles. The molecule has 12 heteroatoms. The second-order valence-corrected chi connectivity index (χ2v) is 9.62. The van der Waals surface area contributed by atoms with Crippen molar-refractivity contribution in [2.24, 2.45) is 17.6 Å². The summed E-state index contributed by atoms with van der Waals surface area (Å²) < 4.78 is 74.6. The first kappa shape index (κ1) is 23.9. The molecule has 3 fully saturated rings. The molecule has 1 saturated carbocycles. The van der Waals surface area contributed by atoms with Crippen molar-refractivity contribution in [2.75, 3.05) is 13.2 Å². The topological polar surface area (TPSA) is 85.5 Å². The van der Waals surface area contributed by atoms with Gasteiger partial charge in [-0.15, -0.1) is 0 Å². The van der Waals surface area contributed by atoms with Gasteiger partial charge >= 0.3 is 6.18 Å². The van der Waals surface area contributed by atoms with Gasteiger partial charge in [0.2, 0.25) is 5.91 Å². The maximum atomic E-state index is 15.1. The molecule has 4 atom stereocenters. The van der Waals surface area contributed by atoms with Crippen LogP contribution in [0.5, 0.6) is 0 Å². The highest BCUT2D eigenvalue weighted by molar-refractivity contribution is 6.30. The molecular weight excluding hydrogens is 497 g/mol. The molecule has 0 bridgehead atoms. The third-order valence-electron chi connectivity index (χ3n) is 7.29. The van der Waals surface area contributed by atoms with E-state index in [0.29, 0.717) is 12.5 Å². The second-order valence-electron chi connectivity index (χ2n) is 9.21. The van der Waals surface area contributed by atoms with Gasteiger partial charge in [0.15, 0.2) is 0 Å². The molecule has 2 aliphatic heterocycles. The minimum Gasteiger partial charge on any atom is -0.381 e. The van der Waals surface area contributed by atoms with Gasteiger partial charge in [-0.25, -0.2) is 8.78 Å². The molecule has 1 aromatic heterocycles. The summed E-state index contributed by atoms with van der Waals surface area (Å²) in [7, 11) is 0. The highest BCUT2D eigenvalue weighted by Crippen LogP contribution is 2.67. The van der Waals surface area contributed by atoms with Crippen LogP contribution >= 0.6 is 11.6 Å². The minimum absolute atomic E-state index is 0.0392. The summed E-state index contributed by atoms with van der Waals surface area (Å²) in [5.41, 5.74) is 2.76. The number of ether oxygens (including phenoxy) is 1. The molecule has 186 valence electrons. The SMILES string of the molecule is NC(=O)C1CC2CC2([C@@H](c2cc(F)c(Cl)cc2F)C2COC2)N1C(=O)c1cc(C(F)(F)F)ccn1. The number of aromatic nitrogens is 1. The van der Waals surface area contributed by atoms with Crippen molar-refractivity contribution >= 4 is 23.4 Å². The van der Waals surface area contributed by atoms with E-state index in [1.807, 2.05) is 0 Å². The Balaban J connectivity index is 1.63. The average Bonchev–Trinajstić information content (AvgIpc) is 3.37. The molecule has 0 radical (unpaired) electrons. The Morgan fingerprint density at radius 2 is 1.91 bits per heavy atom. The Bertz CT molecular complexity index is 1220. The molecule has 35 heavy (non-hydrogen) atoms. The fourth-order valence-corrected chi connectivity index (χ4v) is 5.84. The molecule has 5 rings (SSSR count). The molecule has 3 aliphatic rings. The number of hydrogen-bond donors (Lipinski definition) is 1. The van der Waals surface area contributed by atoms with Gasteiger partial charge in [0.1, 0.15) is 23.4 Å². The largest absolute Gasteiger partial charge is 0.416 e. The number of carbonyl (C=O) groups excluding carboxylic acids is 2. The maximum absolute atomic E-state index is 15.1. The number of carbonyl (C=O) groups is 2. The van der Waals surface area contributed by atoms with Gasteiger partial charge < -0.3 is 15.4 Å². The lowest BCUT2D eigenvalue weighted by atomic mass is 9.76. The molecule has 2 aromatic rings. The van der Waals surface area contributed by atoms with E-state index >= 15 is 4.39 Å². The van der Waals surface area contributed by atoms with E-state index in [4.69, 9.17) is 22.1 Å². The predicted molar refractivity (Wildman–Crippen MR) is 112 cm³/mol. The van der Waals surface area contributed by atoms with E-state index in [0.717, 1.165) is 29.3 Å². The zero-order valence-corrected chi connectivity index (χ0v) is 18.7. The minimum atomic E-state index is -4.72. The summed E-state index contributed by atoms with van der Waals surface area (Å²) in [6, 6.07) is 2.00. The first-order valence-electron chi connectivity index (χ1n) is 10.8. The molecule has 3 unspecified atom stereocenters. The van der Waals surface area contributed by atoms with Crippen molar-refractivity contribution in [2.45, 2.75) is 36.5 Å². The van der Waals surface area contributed by atoms with Gasteiger partial charge in [0.25, 0.3) is 5.91 Å². The summed E-state index contributed by atoms with van der Waals surface area (Å²) in [4.78, 5) is 30.9. The first-order valence-corrected chi connectivity index (χ1v) is 11.2. The van der Waals surface area contributed by atoms with E-state index in [9.17, 15) is 27.2 Å². The summed E-state index contributed by atoms with van der Waals surface area (Å²) in [6.45, 7) is 0.405. The van der Waals surface area contributed by atoms with Gasteiger partial charge in [-0.3, -0.25) is 14.6 Å². The van der Waals surface area contributed by atoms with Crippen molar-refractivity contribution in [3.05, 3.63) is 63.9 Å². The van der Waals surface area contributed by atoms with Crippen LogP contribution in [-0.2, 0) is 15.7 Å². The van der Waals surface area contributed by atoms with E-state index < -0.39 is 63.4 Å². The molecule has 6 nitrogen and oxygen atoms in total. The standard InChI is InChI=1S/C23H19ClF5N3O3/c24-14-6-15(25)13(5-16(14)26)19(10-8-35-9-10)22-7-12(22)4-18(20(30)33)32(22)21(34)17-3-11(1-2-31-17)23(27,28)29/h1-3,5-6,10,12,18-19H,4,7-9H2,(H2,30,33)/t12?,18?,19-,22?/m1/s1. The number of primary amides is 1. The Hall–Kier alpha value is -2.79. The van der Waals surface area contributed by atoms with Gasteiger partial charge in [-0.2, -0.15) is 13.2 Å². The van der Waals surface area contributed by atoms with Crippen LogP contribution in [0.4, 0.5) is 22.0 Å². The van der Waals surface area contributed by atoms with Crippen molar-refractivity contribution in [1.82, 2.24) is 9.88 Å². The number of rotatable bonds is 5. The summed E-state index contributed by atoms with van der Waals surface area (Å²) in [5, 5.41) is -0.415. The molecule has 2 amide bonds. The van der Waals surface area contributed by atoms with E-state index in [2.05, 4.69) is 4.98 Å². The van der Waals surface area contributed by atoms with E-state index in [-0.39, 0.29) is 37.0 Å². The molecule has 2 saturated heterocycles. The normalized spacial score (nSPS) is 26.7. The maximum Gasteiger partial charge on any atom is 0.416 e. The summed E-state index contributed by atoms with van der Waals surface area (Å²) in [6.07, 6.45) is -3.37. The van der Waals surface area contributed by atoms with Crippen LogP contribution in [0.2, 0.25) is 5.02 Å². The number of fused-ring (bicyclic) bond motifs is 1. The van der Waals surface area contributed by atoms with Crippen molar-refractivity contribution in [3.63, 3.8) is 0 Å². The quantitative estimate of drug-likeness (QED) is 0.483. The number of alkyl halides is 3. The number of likely N-dealkylation sites (tertiary alicyclic amines) is 1. The van der Waals surface area contributed by atoms with Crippen LogP contribution in [0.3, 0.4) is 0 Å². The van der Waals surface area contributed by atoms with Crippen LogP contribution in [0.1, 0.15) is 40.4 Å². The number of benzene rings is 1. The van der Waals surface area contributed by atoms with Crippen LogP contribution in [0.15, 0.2) is 30.5 Å². The zero-order chi connectivity index (χ0) is 25.3. The van der Waals surface area contributed by atoms with Crippen LogP contribution < -0.4 is 5.73 Å².